The van der Waals surface area contributed by atoms with E-state index in [2.05, 4.69) is 0 Å². The standard InChI is InChI=1S/2C18H15NP.2ClH.Zr/c2*19-20(16-10-4-1-5-11-16,17-12-6-2-7-13-17)18-14-8-3-9-15-18;;;/h2*1-15H;2*1H;/q2*-1;;;+4/p-2. The van der Waals surface area contributed by atoms with E-state index in [9.17, 15) is 10.3 Å². The van der Waals surface area contributed by atoms with Crippen LogP contribution in [0.15, 0.2) is 182 Å². The Balaban J connectivity index is 0.000000181. The van der Waals surface area contributed by atoms with Crippen LogP contribution in [0.1, 0.15) is 0 Å². The Morgan fingerprint density at radius 1 is 0.302 bits per heavy atom. The molecule has 0 radical (unpaired) electrons. The van der Waals surface area contributed by atoms with Crippen molar-refractivity contribution in [2.75, 3.05) is 0 Å². The van der Waals surface area contributed by atoms with E-state index in [0.717, 1.165) is 31.8 Å². The van der Waals surface area contributed by atoms with Crippen molar-refractivity contribution in [1.29, 1.82) is 0 Å². The molecule has 6 rings (SSSR count). The summed E-state index contributed by atoms with van der Waals surface area (Å²) in [6, 6.07) is 59.7. The molecule has 212 valence electrons. The second-order valence-electron chi connectivity index (χ2n) is 9.36. The third-order valence-corrected chi connectivity index (χ3v) is 13.1. The Labute approximate surface area is 274 Å². The van der Waals surface area contributed by atoms with Gasteiger partial charge in [-0.05, 0) is 31.8 Å². The number of hydrogen-bond acceptors (Lipinski definition) is 0. The summed E-state index contributed by atoms with van der Waals surface area (Å²) in [5.41, 5.74) is 0. The van der Waals surface area contributed by atoms with Crippen LogP contribution in [0.3, 0.4) is 0 Å². The molecule has 0 saturated carbocycles. The second kappa shape index (κ2) is 16.9. The molecule has 0 aliphatic carbocycles. The van der Waals surface area contributed by atoms with Crippen molar-refractivity contribution in [3.05, 3.63) is 192 Å². The van der Waals surface area contributed by atoms with E-state index in [1.165, 1.54) is 0 Å². The summed E-state index contributed by atoms with van der Waals surface area (Å²) in [6.07, 6.45) is 0. The first-order valence-corrected chi connectivity index (χ1v) is 23.4. The van der Waals surface area contributed by atoms with Gasteiger partial charge in [0.25, 0.3) is 0 Å². The van der Waals surface area contributed by atoms with Gasteiger partial charge in [-0.2, -0.15) is 0 Å². The fourth-order valence-corrected chi connectivity index (χ4v) is 10.2. The van der Waals surface area contributed by atoms with Gasteiger partial charge in [0, 0.05) is 0 Å². The number of rotatable bonds is 6. The molecular weight excluding hydrogens is 684 g/mol. The topological polar surface area (TPSA) is 44.6 Å². The molecular formula is C36H30Cl2N2P2Zr. The van der Waals surface area contributed by atoms with Gasteiger partial charge in [-0.1, -0.05) is 182 Å². The van der Waals surface area contributed by atoms with Gasteiger partial charge in [-0.3, -0.25) is 0 Å². The molecule has 0 aliphatic heterocycles. The van der Waals surface area contributed by atoms with Crippen LogP contribution in [-0.4, -0.2) is 0 Å². The van der Waals surface area contributed by atoms with Gasteiger partial charge in [0.15, 0.2) is 0 Å². The van der Waals surface area contributed by atoms with Crippen molar-refractivity contribution in [2.24, 2.45) is 0 Å². The minimum atomic E-state index is -2.53. The molecule has 0 amide bonds. The van der Waals surface area contributed by atoms with E-state index in [-0.39, 0.29) is 0 Å². The summed E-state index contributed by atoms with van der Waals surface area (Å²) in [6.45, 7) is 0. The predicted octanol–water partition coefficient (Wildman–Crippen LogP) is 8.84. The van der Waals surface area contributed by atoms with Crippen LogP contribution in [0.4, 0.5) is 0 Å². The molecule has 2 nitrogen and oxygen atoms in total. The van der Waals surface area contributed by atoms with Gasteiger partial charge in [-0.25, -0.2) is 0 Å². The monoisotopic (exact) mass is 712 g/mol. The number of halogens is 2. The maximum absolute atomic E-state index is 11.5. The Kier molecular flexibility index (Phi) is 13.0. The molecule has 6 aromatic carbocycles. The molecule has 0 atom stereocenters. The maximum atomic E-state index is 11.5. The zero-order chi connectivity index (χ0) is 30.4. The van der Waals surface area contributed by atoms with Crippen LogP contribution >= 0.6 is 31.1 Å². The first-order valence-electron chi connectivity index (χ1n) is 13.6. The Morgan fingerprint density at radius 3 is 0.535 bits per heavy atom. The van der Waals surface area contributed by atoms with Crippen molar-refractivity contribution in [2.45, 2.75) is 0 Å². The summed E-state index contributed by atoms with van der Waals surface area (Å²) in [5.74, 6) is 0. The van der Waals surface area contributed by atoms with Gasteiger partial charge >= 0.3 is 37.9 Å². The molecule has 0 aliphatic rings. The minimum absolute atomic E-state index is 0.826. The zero-order valence-corrected chi connectivity index (χ0v) is 29.1. The van der Waals surface area contributed by atoms with Gasteiger partial charge in [-0.15, -0.1) is 14.1 Å². The van der Waals surface area contributed by atoms with Gasteiger partial charge in [0.1, 0.15) is 0 Å². The molecule has 0 aromatic heterocycles. The summed E-state index contributed by atoms with van der Waals surface area (Å²) >= 11 is -0.826. The maximum Gasteiger partial charge on any atom is -0.0372 e. The number of hydrogen-bond donors (Lipinski definition) is 0. The van der Waals surface area contributed by atoms with Gasteiger partial charge in [0.2, 0.25) is 0 Å². The third-order valence-electron chi connectivity index (χ3n) is 6.78. The zero-order valence-electron chi connectivity index (χ0n) is 23.4. The second-order valence-corrected chi connectivity index (χ2v) is 18.7. The smallest absolute Gasteiger partial charge is 0.0372 e. The van der Waals surface area contributed by atoms with Crippen LogP contribution in [0.25, 0.3) is 10.3 Å². The van der Waals surface area contributed by atoms with Crippen LogP contribution in [-0.2, 0) is 20.8 Å². The van der Waals surface area contributed by atoms with Crippen LogP contribution in [0, 0.1) is 0 Å². The Bertz CT molecular complexity index is 1400. The van der Waals surface area contributed by atoms with Crippen molar-refractivity contribution in [1.82, 2.24) is 0 Å². The van der Waals surface area contributed by atoms with Gasteiger partial charge in [0.05, 0.1) is 0 Å². The van der Waals surface area contributed by atoms with Crippen molar-refractivity contribution in [3.8, 4) is 0 Å². The minimum Gasteiger partial charge on any atom is -0.797 e. The van der Waals surface area contributed by atoms with Crippen molar-refractivity contribution >= 4 is 63.0 Å². The normalized spacial score (nSPS) is 10.7. The van der Waals surface area contributed by atoms with Crippen LogP contribution < -0.4 is 31.8 Å². The molecule has 0 unspecified atom stereocenters. The molecule has 0 heterocycles. The van der Waals surface area contributed by atoms with Crippen molar-refractivity contribution in [3.63, 3.8) is 0 Å². The molecule has 0 fully saturated rings. The fraction of sp³-hybridized carbons (Fsp3) is 0. The molecule has 0 bridgehead atoms. The molecule has 0 N–H and O–H groups in total. The van der Waals surface area contributed by atoms with Crippen molar-refractivity contribution < 1.29 is 20.8 Å². The van der Waals surface area contributed by atoms with E-state index in [1.807, 2.05) is 182 Å². The quantitative estimate of drug-likeness (QED) is 0.155. The molecule has 43 heavy (non-hydrogen) atoms. The summed E-state index contributed by atoms with van der Waals surface area (Å²) in [7, 11) is 4.81. The molecule has 0 saturated heterocycles. The Hall–Kier alpha value is -2.76. The average molecular weight is 715 g/mol. The van der Waals surface area contributed by atoms with E-state index in [0.29, 0.717) is 0 Å². The van der Waals surface area contributed by atoms with E-state index in [1.54, 1.807) is 0 Å². The van der Waals surface area contributed by atoms with Crippen LogP contribution in [0.2, 0.25) is 0 Å². The summed E-state index contributed by atoms with van der Waals surface area (Å²) in [5, 5.41) is 29.0. The third kappa shape index (κ3) is 8.25. The largest absolute Gasteiger partial charge is 0.797 e. The first kappa shape index (κ1) is 33.1. The average Bonchev–Trinajstić information content (AvgIpc) is 3.10. The fourth-order valence-electron chi connectivity index (χ4n) is 4.76. The molecule has 0 spiro atoms. The number of nitrogens with zero attached hydrogens (tertiary/aromatic N) is 2. The van der Waals surface area contributed by atoms with E-state index < -0.39 is 35.0 Å². The van der Waals surface area contributed by atoms with Crippen LogP contribution in [0.5, 0.6) is 0 Å². The van der Waals surface area contributed by atoms with Gasteiger partial charge < -0.3 is 10.3 Å². The van der Waals surface area contributed by atoms with E-state index >= 15 is 0 Å². The molecule has 7 heteroatoms. The first-order chi connectivity index (χ1) is 21.0. The number of benzene rings is 6. The predicted molar refractivity (Wildman–Crippen MR) is 189 cm³/mol. The molecule has 6 aromatic rings. The summed E-state index contributed by atoms with van der Waals surface area (Å²) < 4.78 is 0. The Morgan fingerprint density at radius 2 is 0.419 bits per heavy atom. The summed E-state index contributed by atoms with van der Waals surface area (Å²) in [4.78, 5) is 0. The SMILES string of the molecule is [Cl][Zr+2][Cl].[N-]=P(c1ccccc1)(c1ccccc1)c1ccccc1.[N-]=P(c1ccccc1)(c1ccccc1)c1ccccc1. The van der Waals surface area contributed by atoms with E-state index in [4.69, 9.17) is 17.0 Å².